The molecule has 0 saturated carbocycles. The van der Waals surface area contributed by atoms with Crippen molar-refractivity contribution in [2.75, 3.05) is 23.9 Å². The lowest BCUT2D eigenvalue weighted by atomic mass is 9.97. The maximum Gasteiger partial charge on any atom is 0.322 e. The molecule has 2 atom stereocenters. The van der Waals surface area contributed by atoms with E-state index in [1.54, 1.807) is 71.6 Å². The number of nitrogens with one attached hydrogen (secondary N) is 1. The van der Waals surface area contributed by atoms with Crippen LogP contribution in [0.15, 0.2) is 72.8 Å². The summed E-state index contributed by atoms with van der Waals surface area (Å²) in [5.74, 6) is 1.43. The Hall–Kier alpha value is -3.31. The van der Waals surface area contributed by atoms with Crippen molar-refractivity contribution in [2.24, 2.45) is 5.14 Å². The van der Waals surface area contributed by atoms with E-state index in [1.165, 1.54) is 0 Å². The highest BCUT2D eigenvalue weighted by Gasteiger charge is 2.41. The molecule has 3 aromatic rings. The summed E-state index contributed by atoms with van der Waals surface area (Å²) in [6, 6.07) is 19.7. The first-order valence-electron chi connectivity index (χ1n) is 11.2. The number of hydrogen-bond donors (Lipinski definition) is 3. The molecule has 11 heteroatoms. The summed E-state index contributed by atoms with van der Waals surface area (Å²) in [4.78, 5) is 14.7. The summed E-state index contributed by atoms with van der Waals surface area (Å²) in [7, 11) is -3.72. The van der Waals surface area contributed by atoms with Crippen LogP contribution in [0, 0.1) is 0 Å². The molecule has 0 aliphatic carbocycles. The van der Waals surface area contributed by atoms with Crippen LogP contribution in [-0.2, 0) is 10.0 Å². The van der Waals surface area contributed by atoms with Gasteiger partial charge in [0.05, 0.1) is 24.4 Å². The Morgan fingerprint density at radius 1 is 1.00 bits per heavy atom. The molecule has 1 fully saturated rings. The van der Waals surface area contributed by atoms with Crippen LogP contribution in [0.2, 0.25) is 5.02 Å². The third kappa shape index (κ3) is 6.46. The first-order valence-corrected chi connectivity index (χ1v) is 13.3. The second-order valence-corrected chi connectivity index (χ2v) is 10.4. The van der Waals surface area contributed by atoms with Gasteiger partial charge in [0.1, 0.15) is 23.9 Å². The normalized spacial score (nSPS) is 17.6. The van der Waals surface area contributed by atoms with Crippen molar-refractivity contribution < 1.29 is 27.8 Å². The van der Waals surface area contributed by atoms with Gasteiger partial charge >= 0.3 is 6.03 Å². The minimum absolute atomic E-state index is 0.124. The quantitative estimate of drug-likeness (QED) is 0.364. The highest BCUT2D eigenvalue weighted by atomic mass is 35.5. The molecule has 0 bridgehead atoms. The minimum Gasteiger partial charge on any atom is -0.491 e. The highest BCUT2D eigenvalue weighted by Crippen LogP contribution is 2.38. The highest BCUT2D eigenvalue weighted by molar-refractivity contribution is 7.89. The first-order chi connectivity index (χ1) is 17.2. The van der Waals surface area contributed by atoms with Crippen molar-refractivity contribution >= 4 is 33.3 Å². The van der Waals surface area contributed by atoms with Gasteiger partial charge in [0, 0.05) is 10.7 Å². The second kappa shape index (κ2) is 11.2. The van der Waals surface area contributed by atoms with Gasteiger partial charge < -0.3 is 19.9 Å². The smallest absolute Gasteiger partial charge is 0.322 e. The number of halogens is 1. The molecule has 2 unspecified atom stereocenters. The maximum atomic E-state index is 13.1. The van der Waals surface area contributed by atoms with Crippen molar-refractivity contribution in [2.45, 2.75) is 18.5 Å². The summed E-state index contributed by atoms with van der Waals surface area (Å²) < 4.78 is 34.6. The number of anilines is 1. The molecule has 1 aliphatic rings. The molecule has 2 amide bonds. The number of rotatable bonds is 10. The molecule has 3 aromatic carbocycles. The Kier molecular flexibility index (Phi) is 8.00. The number of carbonyl (C=O) groups excluding carboxylic acids is 1. The van der Waals surface area contributed by atoms with Crippen molar-refractivity contribution in [1.29, 1.82) is 0 Å². The van der Waals surface area contributed by atoms with Crippen LogP contribution in [0.5, 0.6) is 17.2 Å². The number of urea groups is 1. The number of nitrogens with zero attached hydrogens (tertiary/aromatic N) is 1. The van der Waals surface area contributed by atoms with Crippen molar-refractivity contribution in [3.8, 4) is 17.2 Å². The fourth-order valence-corrected chi connectivity index (χ4v) is 4.77. The number of nitrogens with two attached hydrogens (primary N) is 1. The Bertz CT molecular complexity index is 1300. The van der Waals surface area contributed by atoms with Gasteiger partial charge in [-0.3, -0.25) is 4.90 Å². The van der Waals surface area contributed by atoms with Crippen molar-refractivity contribution in [3.05, 3.63) is 83.4 Å². The summed E-state index contributed by atoms with van der Waals surface area (Å²) in [6.45, 7) is -0.0137. The molecule has 36 heavy (non-hydrogen) atoms. The zero-order valence-electron chi connectivity index (χ0n) is 19.2. The van der Waals surface area contributed by atoms with Gasteiger partial charge in [0.25, 0.3) is 0 Å². The van der Waals surface area contributed by atoms with Gasteiger partial charge in [-0.15, -0.1) is 0 Å². The van der Waals surface area contributed by atoms with E-state index in [0.717, 1.165) is 5.56 Å². The molecule has 1 heterocycles. The van der Waals surface area contributed by atoms with Crippen molar-refractivity contribution in [1.82, 2.24) is 5.32 Å². The molecule has 0 aromatic heterocycles. The van der Waals surface area contributed by atoms with E-state index in [0.29, 0.717) is 28.0 Å². The van der Waals surface area contributed by atoms with Gasteiger partial charge in [-0.1, -0.05) is 23.7 Å². The van der Waals surface area contributed by atoms with Crippen LogP contribution in [0.3, 0.4) is 0 Å². The van der Waals surface area contributed by atoms with E-state index in [2.05, 4.69) is 5.32 Å². The predicted octanol–water partition coefficient (Wildman–Crippen LogP) is 3.82. The Balaban J connectivity index is 1.62. The predicted molar refractivity (Wildman–Crippen MR) is 137 cm³/mol. The maximum absolute atomic E-state index is 13.1. The number of aliphatic hydroxyl groups is 1. The lowest BCUT2D eigenvalue weighted by Crippen LogP contribution is -2.31. The Morgan fingerprint density at radius 2 is 1.67 bits per heavy atom. The molecule has 4 rings (SSSR count). The summed E-state index contributed by atoms with van der Waals surface area (Å²) in [6.07, 6.45) is 0.130. The average molecular weight is 532 g/mol. The van der Waals surface area contributed by atoms with E-state index in [9.17, 15) is 13.2 Å². The van der Waals surface area contributed by atoms with E-state index >= 15 is 0 Å². The monoisotopic (exact) mass is 531 g/mol. The molecular formula is C25H26ClN3O6S. The average Bonchev–Trinajstić information content (AvgIpc) is 3.19. The second-order valence-electron chi connectivity index (χ2n) is 8.22. The Labute approximate surface area is 214 Å². The summed E-state index contributed by atoms with van der Waals surface area (Å²) in [5.41, 5.74) is 1.34. The standard InChI is InChI=1S/C25H26ClN3O6S/c26-18-4-8-20(9-5-18)35-21-10-6-19(7-11-21)29-24(17-2-1-3-22(16-17)34-14-13-30)23(28-25(29)31)12-15-36(27,32)33/h1-11,16,23-24,30H,12-15H2,(H,28,31)(H2,27,32,33). The molecule has 1 saturated heterocycles. The van der Waals surface area contributed by atoms with Crippen LogP contribution in [0.25, 0.3) is 0 Å². The Morgan fingerprint density at radius 3 is 2.31 bits per heavy atom. The van der Waals surface area contributed by atoms with E-state index in [4.69, 9.17) is 31.3 Å². The molecule has 9 nitrogen and oxygen atoms in total. The van der Waals surface area contributed by atoms with E-state index < -0.39 is 22.1 Å². The number of carbonyl (C=O) groups is 1. The third-order valence-electron chi connectivity index (χ3n) is 5.62. The van der Waals surface area contributed by atoms with Gasteiger partial charge in [-0.25, -0.2) is 18.4 Å². The topological polar surface area (TPSA) is 131 Å². The van der Waals surface area contributed by atoms with Crippen LogP contribution in [0.4, 0.5) is 10.5 Å². The van der Waals surface area contributed by atoms with Crippen LogP contribution in [0.1, 0.15) is 18.0 Å². The molecular weight excluding hydrogens is 506 g/mol. The zero-order chi connectivity index (χ0) is 25.7. The number of primary sulfonamides is 1. The fourth-order valence-electron chi connectivity index (χ4n) is 4.06. The number of aliphatic hydroxyl groups excluding tert-OH is 1. The number of benzene rings is 3. The number of ether oxygens (including phenoxy) is 2. The molecule has 190 valence electrons. The number of amides is 2. The van der Waals surface area contributed by atoms with Crippen LogP contribution in [-0.4, -0.2) is 44.6 Å². The number of sulfonamides is 1. The van der Waals surface area contributed by atoms with E-state index in [1.807, 2.05) is 6.07 Å². The summed E-state index contributed by atoms with van der Waals surface area (Å²) in [5, 5.41) is 17.8. The van der Waals surface area contributed by atoms with Gasteiger partial charge in [0.2, 0.25) is 10.0 Å². The van der Waals surface area contributed by atoms with Crippen LogP contribution < -0.4 is 24.8 Å². The minimum atomic E-state index is -3.72. The lowest BCUT2D eigenvalue weighted by molar-refractivity contribution is 0.201. The first kappa shape index (κ1) is 25.8. The molecule has 1 aliphatic heterocycles. The van der Waals surface area contributed by atoms with Crippen LogP contribution >= 0.6 is 11.6 Å². The lowest BCUT2D eigenvalue weighted by Gasteiger charge is -2.27. The molecule has 0 spiro atoms. The van der Waals surface area contributed by atoms with Gasteiger partial charge in [-0.2, -0.15) is 0 Å². The molecule has 0 radical (unpaired) electrons. The van der Waals surface area contributed by atoms with E-state index in [-0.39, 0.29) is 31.4 Å². The van der Waals surface area contributed by atoms with Gasteiger partial charge in [-0.05, 0) is 72.6 Å². The van der Waals surface area contributed by atoms with Crippen molar-refractivity contribution in [3.63, 3.8) is 0 Å². The SMILES string of the molecule is NS(=O)(=O)CCC1NC(=O)N(c2ccc(Oc3ccc(Cl)cc3)cc2)C1c1cccc(OCCO)c1. The molecule has 4 N–H and O–H groups in total. The number of hydrogen-bond acceptors (Lipinski definition) is 6. The summed E-state index contributed by atoms with van der Waals surface area (Å²) >= 11 is 5.92. The fraction of sp³-hybridized carbons (Fsp3) is 0.240. The third-order valence-corrected chi connectivity index (χ3v) is 6.68. The van der Waals surface area contributed by atoms with Gasteiger partial charge in [0.15, 0.2) is 0 Å². The largest absolute Gasteiger partial charge is 0.491 e. The zero-order valence-corrected chi connectivity index (χ0v) is 20.8.